The summed E-state index contributed by atoms with van der Waals surface area (Å²) in [5.41, 5.74) is 3.02. The van der Waals surface area contributed by atoms with Crippen molar-refractivity contribution in [2.75, 3.05) is 0 Å². The number of hydrogen-bond donors (Lipinski definition) is 1. The molecule has 0 atom stereocenters. The number of ketones is 1. The van der Waals surface area contributed by atoms with Crippen LogP contribution in [0, 0.1) is 0 Å². The summed E-state index contributed by atoms with van der Waals surface area (Å²) in [4.78, 5) is 12.9. The van der Waals surface area contributed by atoms with Gasteiger partial charge >= 0.3 is 0 Å². The summed E-state index contributed by atoms with van der Waals surface area (Å²) >= 11 is 0. The van der Waals surface area contributed by atoms with Gasteiger partial charge in [0.1, 0.15) is 5.75 Å². The van der Waals surface area contributed by atoms with Gasteiger partial charge in [-0.2, -0.15) is 0 Å². The molecule has 0 aliphatic carbocycles. The van der Waals surface area contributed by atoms with E-state index >= 15 is 0 Å². The second kappa shape index (κ2) is 6.75. The fourth-order valence-electron chi connectivity index (χ4n) is 2.38. The molecule has 0 aliphatic rings. The van der Waals surface area contributed by atoms with Gasteiger partial charge in [-0.15, -0.1) is 0 Å². The Hall–Kier alpha value is -3.13. The molecule has 0 aliphatic heterocycles. The van der Waals surface area contributed by atoms with Crippen molar-refractivity contribution in [3.05, 3.63) is 102 Å². The van der Waals surface area contributed by atoms with Crippen LogP contribution >= 0.6 is 0 Å². The molecule has 0 unspecified atom stereocenters. The predicted molar refractivity (Wildman–Crippen MR) is 93.2 cm³/mol. The number of allylic oxidation sites excluding steroid dienone is 1. The number of hydrogen-bond acceptors (Lipinski definition) is 2. The molecule has 0 heterocycles. The number of carbonyl (C=O) groups is 1. The molecule has 0 bridgehead atoms. The van der Waals surface area contributed by atoms with E-state index in [1.165, 1.54) is 12.1 Å². The summed E-state index contributed by atoms with van der Waals surface area (Å²) in [5.74, 6) is 0.0786. The number of rotatable bonds is 4. The summed E-state index contributed by atoms with van der Waals surface area (Å²) < 4.78 is 0. The third-order valence-corrected chi connectivity index (χ3v) is 3.57. The number of phenolic OH excluding ortho intramolecular Hbond substituents is 1. The molecule has 0 saturated heterocycles. The summed E-state index contributed by atoms with van der Waals surface area (Å²) in [7, 11) is 0. The van der Waals surface area contributed by atoms with Crippen LogP contribution in [-0.2, 0) is 0 Å². The van der Waals surface area contributed by atoms with Crippen LogP contribution in [0.4, 0.5) is 0 Å². The average molecular weight is 300 g/mol. The van der Waals surface area contributed by atoms with Crippen molar-refractivity contribution in [2.45, 2.75) is 0 Å². The lowest BCUT2D eigenvalue weighted by atomic mass is 9.95. The quantitative estimate of drug-likeness (QED) is 0.426. The summed E-state index contributed by atoms with van der Waals surface area (Å²) in [6.45, 7) is 0. The molecule has 0 fully saturated rings. The van der Waals surface area contributed by atoms with Gasteiger partial charge in [0.05, 0.1) is 0 Å². The molecule has 23 heavy (non-hydrogen) atoms. The molecule has 0 amide bonds. The van der Waals surface area contributed by atoms with E-state index in [-0.39, 0.29) is 11.5 Å². The van der Waals surface area contributed by atoms with Crippen molar-refractivity contribution in [3.63, 3.8) is 0 Å². The highest BCUT2D eigenvalue weighted by molar-refractivity contribution is 6.32. The van der Waals surface area contributed by atoms with Crippen molar-refractivity contribution in [2.24, 2.45) is 0 Å². The van der Waals surface area contributed by atoms with Gasteiger partial charge in [0, 0.05) is 11.1 Å². The van der Waals surface area contributed by atoms with Gasteiger partial charge in [0.2, 0.25) is 0 Å². The Bertz CT molecular complexity index is 817. The van der Waals surface area contributed by atoms with Crippen LogP contribution in [0.5, 0.6) is 5.75 Å². The first-order valence-electron chi connectivity index (χ1n) is 7.40. The maximum Gasteiger partial charge on any atom is 0.193 e. The predicted octanol–water partition coefficient (Wildman–Crippen LogP) is 4.82. The van der Waals surface area contributed by atoms with E-state index in [1.54, 1.807) is 12.1 Å². The van der Waals surface area contributed by atoms with Crippen LogP contribution in [0.1, 0.15) is 21.5 Å². The number of carbonyl (C=O) groups excluding carboxylic acids is 1. The lowest BCUT2D eigenvalue weighted by molar-refractivity contribution is 0.105. The lowest BCUT2D eigenvalue weighted by Crippen LogP contribution is -2.02. The highest BCUT2D eigenvalue weighted by Gasteiger charge is 2.14. The lowest BCUT2D eigenvalue weighted by Gasteiger charge is -2.08. The molecule has 1 N–H and O–H groups in total. The average Bonchev–Trinajstić information content (AvgIpc) is 2.61. The second-order valence-electron chi connectivity index (χ2n) is 5.21. The minimum absolute atomic E-state index is 0.0694. The zero-order valence-corrected chi connectivity index (χ0v) is 12.5. The van der Waals surface area contributed by atoms with Crippen LogP contribution in [-0.4, -0.2) is 10.9 Å². The normalized spacial score (nSPS) is 11.2. The van der Waals surface area contributed by atoms with Gasteiger partial charge in [0.15, 0.2) is 5.78 Å². The van der Waals surface area contributed by atoms with Gasteiger partial charge in [-0.25, -0.2) is 0 Å². The Morgan fingerprint density at radius 3 is 1.87 bits per heavy atom. The van der Waals surface area contributed by atoms with Crippen LogP contribution in [0.2, 0.25) is 0 Å². The molecular formula is C21H16O2. The molecule has 112 valence electrons. The van der Waals surface area contributed by atoms with E-state index in [2.05, 4.69) is 0 Å². The number of benzene rings is 3. The minimum atomic E-state index is -0.0694. The van der Waals surface area contributed by atoms with Crippen LogP contribution in [0.3, 0.4) is 0 Å². The van der Waals surface area contributed by atoms with E-state index in [0.717, 1.165) is 11.1 Å². The second-order valence-corrected chi connectivity index (χ2v) is 5.21. The van der Waals surface area contributed by atoms with Crippen LogP contribution in [0.25, 0.3) is 11.6 Å². The molecule has 2 heteroatoms. The zero-order chi connectivity index (χ0) is 16.1. The molecule has 3 aromatic rings. The van der Waals surface area contributed by atoms with E-state index in [4.69, 9.17) is 0 Å². The van der Waals surface area contributed by atoms with Crippen LogP contribution < -0.4 is 0 Å². The SMILES string of the molecule is O=C(/C(=C/c1ccccc1)c1ccccc1)c1ccc(O)cc1. The summed E-state index contributed by atoms with van der Waals surface area (Å²) in [6, 6.07) is 25.7. The third-order valence-electron chi connectivity index (χ3n) is 3.57. The Morgan fingerprint density at radius 1 is 0.696 bits per heavy atom. The summed E-state index contributed by atoms with van der Waals surface area (Å²) in [5, 5.41) is 9.40. The first-order chi connectivity index (χ1) is 11.2. The standard InChI is InChI=1S/C21H16O2/c22-19-13-11-18(12-14-19)21(23)20(17-9-5-2-6-10-17)15-16-7-3-1-4-8-16/h1-15,22H/b20-15+. The number of Topliss-reactive ketones (excluding diaryl/α,β-unsaturated/α-hetero) is 1. The topological polar surface area (TPSA) is 37.3 Å². The molecule has 3 rings (SSSR count). The van der Waals surface area contributed by atoms with Crippen molar-refractivity contribution in [1.29, 1.82) is 0 Å². The molecular weight excluding hydrogens is 284 g/mol. The van der Waals surface area contributed by atoms with Gasteiger partial charge < -0.3 is 5.11 Å². The molecule has 0 aromatic heterocycles. The molecule has 2 nitrogen and oxygen atoms in total. The highest BCUT2D eigenvalue weighted by Crippen LogP contribution is 2.23. The van der Waals surface area contributed by atoms with Gasteiger partial charge in [-0.1, -0.05) is 60.7 Å². The highest BCUT2D eigenvalue weighted by atomic mass is 16.3. The van der Waals surface area contributed by atoms with Crippen LogP contribution in [0.15, 0.2) is 84.9 Å². The Morgan fingerprint density at radius 2 is 1.26 bits per heavy atom. The largest absolute Gasteiger partial charge is 0.508 e. The van der Waals surface area contributed by atoms with Crippen molar-refractivity contribution < 1.29 is 9.90 Å². The Labute approximate surface area is 135 Å². The Balaban J connectivity index is 2.07. The third kappa shape index (κ3) is 3.55. The first-order valence-corrected chi connectivity index (χ1v) is 7.40. The number of phenols is 1. The van der Waals surface area contributed by atoms with Crippen molar-refractivity contribution in [1.82, 2.24) is 0 Å². The molecule has 0 radical (unpaired) electrons. The fourth-order valence-corrected chi connectivity index (χ4v) is 2.38. The van der Waals surface area contributed by atoms with Crippen molar-refractivity contribution >= 4 is 17.4 Å². The van der Waals surface area contributed by atoms with Gasteiger partial charge in [-0.05, 0) is 41.5 Å². The smallest absolute Gasteiger partial charge is 0.193 e. The molecule has 3 aromatic carbocycles. The first kappa shape index (κ1) is 14.8. The van der Waals surface area contributed by atoms with E-state index in [1.807, 2.05) is 66.7 Å². The van der Waals surface area contributed by atoms with Crippen molar-refractivity contribution in [3.8, 4) is 5.75 Å². The fraction of sp³-hybridized carbons (Fsp3) is 0. The molecule has 0 spiro atoms. The van der Waals surface area contributed by atoms with E-state index in [0.29, 0.717) is 11.1 Å². The molecule has 0 saturated carbocycles. The van der Waals surface area contributed by atoms with Gasteiger partial charge in [0.25, 0.3) is 0 Å². The minimum Gasteiger partial charge on any atom is -0.508 e. The maximum absolute atomic E-state index is 12.9. The zero-order valence-electron chi connectivity index (χ0n) is 12.5. The van der Waals surface area contributed by atoms with E-state index in [9.17, 15) is 9.90 Å². The van der Waals surface area contributed by atoms with Gasteiger partial charge in [-0.3, -0.25) is 4.79 Å². The van der Waals surface area contributed by atoms with E-state index < -0.39 is 0 Å². The Kier molecular flexibility index (Phi) is 4.34. The number of aromatic hydroxyl groups is 1. The summed E-state index contributed by atoms with van der Waals surface area (Å²) in [6.07, 6.45) is 1.89. The monoisotopic (exact) mass is 300 g/mol. The maximum atomic E-state index is 12.9.